The average molecular weight is 260 g/mol. The fraction of sp³-hybridized carbons (Fsp3) is 0.385. The number of nitrogen functional groups attached to an aromatic ring is 1. The topological polar surface area (TPSA) is 63.2 Å². The molecule has 6 heteroatoms. The van der Waals surface area contributed by atoms with Crippen LogP contribution in [-0.2, 0) is 0 Å². The first-order chi connectivity index (χ1) is 9.08. The standard InChI is InChI=1S/C13H20N6/c1-17(2)6-7-18(3)12-5-4-11(14)8-13(12)19-9-15-16-10-19/h4-5,8-10H,6-7,14H2,1-3H3. The second-order valence-electron chi connectivity index (χ2n) is 4.84. The minimum atomic E-state index is 0.730. The molecular formula is C13H20N6. The van der Waals surface area contributed by atoms with Crippen molar-refractivity contribution in [3.05, 3.63) is 30.9 Å². The summed E-state index contributed by atoms with van der Waals surface area (Å²) in [6.45, 7) is 1.93. The Morgan fingerprint density at radius 2 is 1.79 bits per heavy atom. The zero-order valence-corrected chi connectivity index (χ0v) is 11.6. The maximum atomic E-state index is 5.88. The van der Waals surface area contributed by atoms with E-state index in [2.05, 4.69) is 41.1 Å². The second kappa shape index (κ2) is 5.71. The van der Waals surface area contributed by atoms with Crippen LogP contribution >= 0.6 is 0 Å². The molecule has 0 aliphatic heterocycles. The molecule has 1 aromatic carbocycles. The third kappa shape index (κ3) is 3.23. The number of benzene rings is 1. The fourth-order valence-corrected chi connectivity index (χ4v) is 1.87. The summed E-state index contributed by atoms with van der Waals surface area (Å²) >= 11 is 0. The van der Waals surface area contributed by atoms with Crippen LogP contribution in [0, 0.1) is 0 Å². The number of nitrogens with two attached hydrogens (primary N) is 1. The number of hydrogen-bond donors (Lipinski definition) is 1. The summed E-state index contributed by atoms with van der Waals surface area (Å²) < 4.78 is 1.87. The zero-order valence-electron chi connectivity index (χ0n) is 11.6. The first-order valence-corrected chi connectivity index (χ1v) is 6.18. The van der Waals surface area contributed by atoms with E-state index in [1.54, 1.807) is 12.7 Å². The summed E-state index contributed by atoms with van der Waals surface area (Å²) in [5, 5.41) is 7.70. The van der Waals surface area contributed by atoms with Crippen LogP contribution in [0.3, 0.4) is 0 Å². The van der Waals surface area contributed by atoms with Crippen molar-refractivity contribution in [2.75, 3.05) is 44.9 Å². The highest BCUT2D eigenvalue weighted by Gasteiger charge is 2.10. The van der Waals surface area contributed by atoms with Crippen LogP contribution in [0.15, 0.2) is 30.9 Å². The number of rotatable bonds is 5. The molecule has 6 nitrogen and oxygen atoms in total. The van der Waals surface area contributed by atoms with Crippen molar-refractivity contribution in [3.63, 3.8) is 0 Å². The molecule has 2 N–H and O–H groups in total. The lowest BCUT2D eigenvalue weighted by Gasteiger charge is -2.24. The third-order valence-electron chi connectivity index (χ3n) is 2.99. The monoisotopic (exact) mass is 260 g/mol. The molecule has 0 aliphatic rings. The van der Waals surface area contributed by atoms with Crippen LogP contribution in [0.25, 0.3) is 5.69 Å². The van der Waals surface area contributed by atoms with Crippen molar-refractivity contribution in [2.45, 2.75) is 0 Å². The van der Waals surface area contributed by atoms with Gasteiger partial charge < -0.3 is 15.5 Å². The predicted octanol–water partition coefficient (Wildman–Crippen LogP) is 0.847. The molecule has 19 heavy (non-hydrogen) atoms. The number of hydrogen-bond acceptors (Lipinski definition) is 5. The fourth-order valence-electron chi connectivity index (χ4n) is 1.87. The molecule has 0 saturated heterocycles. The van der Waals surface area contributed by atoms with Gasteiger partial charge in [-0.1, -0.05) is 0 Å². The van der Waals surface area contributed by atoms with Gasteiger partial charge in [-0.05, 0) is 32.3 Å². The van der Waals surface area contributed by atoms with Gasteiger partial charge in [-0.2, -0.15) is 0 Å². The van der Waals surface area contributed by atoms with E-state index in [0.29, 0.717) is 0 Å². The predicted molar refractivity (Wildman–Crippen MR) is 77.6 cm³/mol. The lowest BCUT2D eigenvalue weighted by Crippen LogP contribution is -2.29. The Kier molecular flexibility index (Phi) is 4.01. The summed E-state index contributed by atoms with van der Waals surface area (Å²) in [7, 11) is 6.21. The molecule has 0 atom stereocenters. The van der Waals surface area contributed by atoms with E-state index in [1.165, 1.54) is 0 Å². The van der Waals surface area contributed by atoms with Gasteiger partial charge >= 0.3 is 0 Å². The SMILES string of the molecule is CN(C)CCN(C)c1ccc(N)cc1-n1cnnc1. The quantitative estimate of drug-likeness (QED) is 0.807. The van der Waals surface area contributed by atoms with Crippen LogP contribution in [0.2, 0.25) is 0 Å². The normalized spacial score (nSPS) is 10.9. The third-order valence-corrected chi connectivity index (χ3v) is 2.99. The smallest absolute Gasteiger partial charge is 0.123 e. The van der Waals surface area contributed by atoms with Gasteiger partial charge in [0, 0.05) is 25.8 Å². The van der Waals surface area contributed by atoms with Crippen molar-refractivity contribution in [1.82, 2.24) is 19.7 Å². The van der Waals surface area contributed by atoms with Crippen molar-refractivity contribution in [2.24, 2.45) is 0 Å². The molecule has 0 fully saturated rings. The number of anilines is 2. The lowest BCUT2D eigenvalue weighted by molar-refractivity contribution is 0.416. The number of nitrogens with zero attached hydrogens (tertiary/aromatic N) is 5. The summed E-state index contributed by atoms with van der Waals surface area (Å²) in [6.07, 6.45) is 3.36. The molecule has 2 aromatic rings. The maximum absolute atomic E-state index is 5.88. The number of aromatic nitrogens is 3. The van der Waals surface area contributed by atoms with E-state index in [9.17, 15) is 0 Å². The molecule has 0 saturated carbocycles. The summed E-state index contributed by atoms with van der Waals surface area (Å²) in [5.74, 6) is 0. The van der Waals surface area contributed by atoms with Crippen LogP contribution in [-0.4, -0.2) is 53.9 Å². The van der Waals surface area contributed by atoms with Crippen LogP contribution in [0.1, 0.15) is 0 Å². The number of likely N-dealkylation sites (N-methyl/N-ethyl adjacent to an activating group) is 2. The Morgan fingerprint density at radius 1 is 1.11 bits per heavy atom. The van der Waals surface area contributed by atoms with E-state index < -0.39 is 0 Å². The van der Waals surface area contributed by atoms with E-state index in [0.717, 1.165) is 30.2 Å². The van der Waals surface area contributed by atoms with Crippen molar-refractivity contribution < 1.29 is 0 Å². The van der Waals surface area contributed by atoms with Gasteiger partial charge in [0.1, 0.15) is 12.7 Å². The van der Waals surface area contributed by atoms with Crippen molar-refractivity contribution >= 4 is 11.4 Å². The van der Waals surface area contributed by atoms with Crippen LogP contribution in [0.4, 0.5) is 11.4 Å². The van der Waals surface area contributed by atoms with Crippen LogP contribution < -0.4 is 10.6 Å². The molecule has 0 bridgehead atoms. The zero-order chi connectivity index (χ0) is 13.8. The first kappa shape index (κ1) is 13.4. The van der Waals surface area contributed by atoms with Gasteiger partial charge in [0.15, 0.2) is 0 Å². The van der Waals surface area contributed by atoms with Gasteiger partial charge in [-0.3, -0.25) is 4.57 Å². The second-order valence-corrected chi connectivity index (χ2v) is 4.84. The van der Waals surface area contributed by atoms with E-state index in [-0.39, 0.29) is 0 Å². The minimum Gasteiger partial charge on any atom is -0.399 e. The Hall–Kier alpha value is -2.08. The highest BCUT2D eigenvalue weighted by molar-refractivity contribution is 5.67. The highest BCUT2D eigenvalue weighted by atomic mass is 15.2. The largest absolute Gasteiger partial charge is 0.399 e. The van der Waals surface area contributed by atoms with Gasteiger partial charge in [0.25, 0.3) is 0 Å². The van der Waals surface area contributed by atoms with Gasteiger partial charge in [-0.25, -0.2) is 0 Å². The van der Waals surface area contributed by atoms with E-state index in [4.69, 9.17) is 5.73 Å². The van der Waals surface area contributed by atoms with Gasteiger partial charge in [-0.15, -0.1) is 10.2 Å². The van der Waals surface area contributed by atoms with Crippen molar-refractivity contribution in [1.29, 1.82) is 0 Å². The Morgan fingerprint density at radius 3 is 2.42 bits per heavy atom. The molecule has 0 aliphatic carbocycles. The molecule has 0 radical (unpaired) electrons. The van der Waals surface area contributed by atoms with E-state index >= 15 is 0 Å². The first-order valence-electron chi connectivity index (χ1n) is 6.18. The lowest BCUT2D eigenvalue weighted by atomic mass is 10.2. The van der Waals surface area contributed by atoms with E-state index in [1.807, 2.05) is 22.8 Å². The molecule has 102 valence electrons. The molecule has 1 aromatic heterocycles. The molecule has 1 heterocycles. The molecular weight excluding hydrogens is 240 g/mol. The molecule has 0 unspecified atom stereocenters. The van der Waals surface area contributed by atoms with Crippen LogP contribution in [0.5, 0.6) is 0 Å². The van der Waals surface area contributed by atoms with Crippen molar-refractivity contribution in [3.8, 4) is 5.69 Å². The van der Waals surface area contributed by atoms with Gasteiger partial charge in [0.2, 0.25) is 0 Å². The Labute approximate surface area is 113 Å². The highest BCUT2D eigenvalue weighted by Crippen LogP contribution is 2.25. The summed E-state index contributed by atoms with van der Waals surface area (Å²) in [6, 6.07) is 5.88. The molecule has 2 rings (SSSR count). The molecule has 0 spiro atoms. The Bertz CT molecular complexity index is 520. The minimum absolute atomic E-state index is 0.730. The maximum Gasteiger partial charge on any atom is 0.123 e. The average Bonchev–Trinajstić information content (AvgIpc) is 2.89. The summed E-state index contributed by atoms with van der Waals surface area (Å²) in [5.41, 5.74) is 8.70. The summed E-state index contributed by atoms with van der Waals surface area (Å²) in [4.78, 5) is 4.36. The van der Waals surface area contributed by atoms with Gasteiger partial charge in [0.05, 0.1) is 11.4 Å². The Balaban J connectivity index is 2.29. The molecule has 0 amide bonds.